The Labute approximate surface area is 277 Å². The van der Waals surface area contributed by atoms with Crippen LogP contribution in [-0.2, 0) is 36.8 Å². The molecule has 2 heterocycles. The van der Waals surface area contributed by atoms with E-state index >= 15 is 0 Å². The van der Waals surface area contributed by atoms with Crippen molar-refractivity contribution in [1.82, 2.24) is 4.90 Å². The summed E-state index contributed by atoms with van der Waals surface area (Å²) in [6.07, 6.45) is 4.74. The number of aliphatic carboxylic acids is 1. The predicted molar refractivity (Wildman–Crippen MR) is 177 cm³/mol. The van der Waals surface area contributed by atoms with Gasteiger partial charge in [0.25, 0.3) is 0 Å². The van der Waals surface area contributed by atoms with Gasteiger partial charge in [0.1, 0.15) is 10.6 Å². The molecule has 3 N–H and O–H groups in total. The molecule has 3 atom stereocenters. The van der Waals surface area contributed by atoms with E-state index < -0.39 is 40.7 Å². The highest BCUT2D eigenvalue weighted by molar-refractivity contribution is 8.00. The Kier molecular flexibility index (Phi) is 11.5. The van der Waals surface area contributed by atoms with Crippen LogP contribution < -0.4 is 10.6 Å². The standard InChI is InChI=1S/C33H41N3O8S2/c1-6-24(45-20-12-10-11-19(17-20)34-27(37)21-13-8-9-14-22(21)30(39)40)28(38)35-29-26(31(41)43-7-2)23-15-16-36(18-25(23)46-29)32(42)44-33(3,4)5/h8-12,17,21-22,24H,6-7,13-16,18H2,1-5H3,(H,34,37)(H,35,38)(H,39,40). The van der Waals surface area contributed by atoms with Gasteiger partial charge in [-0.1, -0.05) is 25.1 Å². The van der Waals surface area contributed by atoms with Crippen LogP contribution in [0.1, 0.15) is 74.7 Å². The molecule has 11 nitrogen and oxygen atoms in total. The fraction of sp³-hybridized carbons (Fsp3) is 0.485. The molecule has 13 heteroatoms. The number of fused-ring (bicyclic) bond motifs is 1. The first-order valence-electron chi connectivity index (χ1n) is 15.4. The second-order valence-electron chi connectivity index (χ2n) is 12.1. The maximum absolute atomic E-state index is 13.6. The fourth-order valence-corrected chi connectivity index (χ4v) is 7.60. The monoisotopic (exact) mass is 671 g/mol. The Balaban J connectivity index is 1.48. The first-order chi connectivity index (χ1) is 21.8. The Morgan fingerprint density at radius 1 is 1.09 bits per heavy atom. The van der Waals surface area contributed by atoms with Gasteiger partial charge in [-0.05, 0) is 77.1 Å². The smallest absolute Gasteiger partial charge is 0.410 e. The van der Waals surface area contributed by atoms with Crippen molar-refractivity contribution in [3.8, 4) is 0 Å². The number of benzene rings is 1. The minimum absolute atomic E-state index is 0.176. The van der Waals surface area contributed by atoms with Crippen LogP contribution >= 0.6 is 23.1 Å². The third-order valence-electron chi connectivity index (χ3n) is 7.55. The molecule has 1 aromatic heterocycles. The van der Waals surface area contributed by atoms with Crippen LogP contribution in [0, 0.1) is 11.8 Å². The summed E-state index contributed by atoms with van der Waals surface area (Å²) in [6, 6.07) is 7.07. The maximum atomic E-state index is 13.6. The predicted octanol–water partition coefficient (Wildman–Crippen LogP) is 6.33. The molecular weight excluding hydrogens is 631 g/mol. The van der Waals surface area contributed by atoms with E-state index in [-0.39, 0.29) is 25.0 Å². The maximum Gasteiger partial charge on any atom is 0.410 e. The molecule has 1 aliphatic heterocycles. The number of hydrogen-bond donors (Lipinski definition) is 3. The lowest BCUT2D eigenvalue weighted by molar-refractivity contribution is -0.146. The number of carboxylic acid groups (broad SMARTS) is 1. The molecule has 0 fully saturated rings. The quantitative estimate of drug-likeness (QED) is 0.149. The molecule has 2 aromatic rings. The summed E-state index contributed by atoms with van der Waals surface area (Å²) in [5.41, 5.74) is 0.951. The number of amides is 3. The number of thioether (sulfide) groups is 1. The van der Waals surface area contributed by atoms with E-state index in [1.807, 2.05) is 19.1 Å². The molecule has 2 aliphatic rings. The van der Waals surface area contributed by atoms with Gasteiger partial charge < -0.3 is 30.1 Å². The molecule has 0 spiro atoms. The number of esters is 1. The number of rotatable bonds is 10. The Morgan fingerprint density at radius 2 is 1.80 bits per heavy atom. The molecule has 248 valence electrons. The van der Waals surface area contributed by atoms with Crippen molar-refractivity contribution < 1.29 is 38.6 Å². The normalized spacial score (nSPS) is 18.2. The average molecular weight is 672 g/mol. The van der Waals surface area contributed by atoms with Crippen LogP contribution in [0.3, 0.4) is 0 Å². The van der Waals surface area contributed by atoms with Crippen molar-refractivity contribution >= 4 is 63.6 Å². The van der Waals surface area contributed by atoms with E-state index in [1.165, 1.54) is 23.1 Å². The highest BCUT2D eigenvalue weighted by Crippen LogP contribution is 2.39. The summed E-state index contributed by atoms with van der Waals surface area (Å²) in [4.78, 5) is 67.1. The topological polar surface area (TPSA) is 151 Å². The second-order valence-corrected chi connectivity index (χ2v) is 14.5. The molecule has 0 saturated carbocycles. The number of carbonyl (C=O) groups is 5. The van der Waals surface area contributed by atoms with Crippen molar-refractivity contribution in [3.63, 3.8) is 0 Å². The molecule has 1 aliphatic carbocycles. The van der Waals surface area contributed by atoms with E-state index in [9.17, 15) is 29.1 Å². The molecule has 3 unspecified atom stereocenters. The highest BCUT2D eigenvalue weighted by Gasteiger charge is 2.35. The number of ether oxygens (including phenoxy) is 2. The van der Waals surface area contributed by atoms with E-state index in [2.05, 4.69) is 10.6 Å². The fourth-order valence-electron chi connectivity index (χ4n) is 5.33. The minimum atomic E-state index is -0.997. The van der Waals surface area contributed by atoms with Gasteiger partial charge in [-0.15, -0.1) is 23.1 Å². The second kappa shape index (κ2) is 15.2. The van der Waals surface area contributed by atoms with Crippen molar-refractivity contribution in [2.24, 2.45) is 11.8 Å². The zero-order valence-electron chi connectivity index (χ0n) is 26.7. The van der Waals surface area contributed by atoms with Gasteiger partial charge in [-0.25, -0.2) is 9.59 Å². The number of anilines is 2. The number of hydrogen-bond acceptors (Lipinski definition) is 9. The summed E-state index contributed by atoms with van der Waals surface area (Å²) in [5.74, 6) is -3.63. The SMILES string of the molecule is CCOC(=O)c1c(NC(=O)C(CC)Sc2cccc(NC(=O)C3CC=CCC3C(=O)O)c2)sc2c1CCN(C(=O)OC(C)(C)C)C2. The van der Waals surface area contributed by atoms with Gasteiger partial charge in [0, 0.05) is 22.0 Å². The molecule has 4 rings (SSSR count). The lowest BCUT2D eigenvalue weighted by Gasteiger charge is -2.30. The van der Waals surface area contributed by atoms with E-state index in [1.54, 1.807) is 56.9 Å². The molecule has 0 saturated heterocycles. The lowest BCUT2D eigenvalue weighted by Crippen LogP contribution is -2.39. The molecule has 0 radical (unpaired) electrons. The minimum Gasteiger partial charge on any atom is -0.481 e. The van der Waals surface area contributed by atoms with Gasteiger partial charge in [0.05, 0.1) is 35.8 Å². The number of carbonyl (C=O) groups excluding carboxylic acids is 4. The van der Waals surface area contributed by atoms with Crippen LogP contribution in [0.5, 0.6) is 0 Å². The summed E-state index contributed by atoms with van der Waals surface area (Å²) in [5, 5.41) is 15.2. The van der Waals surface area contributed by atoms with Crippen molar-refractivity contribution in [2.45, 2.75) is 82.6 Å². The molecular formula is C33H41N3O8S2. The Bertz CT molecular complexity index is 1510. The van der Waals surface area contributed by atoms with Crippen LogP contribution in [-0.4, -0.2) is 63.9 Å². The zero-order chi connectivity index (χ0) is 33.6. The van der Waals surface area contributed by atoms with E-state index in [4.69, 9.17) is 9.47 Å². The van der Waals surface area contributed by atoms with Gasteiger partial charge in [-0.2, -0.15) is 0 Å². The zero-order valence-corrected chi connectivity index (χ0v) is 28.3. The average Bonchev–Trinajstić information content (AvgIpc) is 3.36. The summed E-state index contributed by atoms with van der Waals surface area (Å²) in [7, 11) is 0. The molecule has 1 aromatic carbocycles. The summed E-state index contributed by atoms with van der Waals surface area (Å²) >= 11 is 2.57. The van der Waals surface area contributed by atoms with Crippen LogP contribution in [0.25, 0.3) is 0 Å². The number of nitrogens with one attached hydrogen (secondary N) is 2. The molecule has 46 heavy (non-hydrogen) atoms. The van der Waals surface area contributed by atoms with Crippen molar-refractivity contribution in [2.75, 3.05) is 23.8 Å². The van der Waals surface area contributed by atoms with Crippen LogP contribution in [0.15, 0.2) is 41.3 Å². The van der Waals surface area contributed by atoms with Gasteiger partial charge in [0.2, 0.25) is 11.8 Å². The van der Waals surface area contributed by atoms with Crippen LogP contribution in [0.2, 0.25) is 0 Å². The van der Waals surface area contributed by atoms with Crippen molar-refractivity contribution in [3.05, 3.63) is 52.4 Å². The summed E-state index contributed by atoms with van der Waals surface area (Å²) in [6.45, 7) is 9.81. The number of carboxylic acids is 1. The lowest BCUT2D eigenvalue weighted by atomic mass is 9.82. The first-order valence-corrected chi connectivity index (χ1v) is 17.1. The highest BCUT2D eigenvalue weighted by atomic mass is 32.2. The van der Waals surface area contributed by atoms with Gasteiger partial charge in [0.15, 0.2) is 0 Å². The van der Waals surface area contributed by atoms with Gasteiger partial charge in [-0.3, -0.25) is 14.4 Å². The number of thiophene rings is 1. The Hall–Kier alpha value is -3.84. The van der Waals surface area contributed by atoms with Crippen LogP contribution in [0.4, 0.5) is 15.5 Å². The third-order valence-corrected chi connectivity index (χ3v) is 10.0. The first kappa shape index (κ1) is 35.0. The molecule has 0 bridgehead atoms. The Morgan fingerprint density at radius 3 is 2.46 bits per heavy atom. The number of allylic oxidation sites excluding steroid dienone is 2. The molecule has 3 amide bonds. The van der Waals surface area contributed by atoms with E-state index in [0.717, 1.165) is 15.3 Å². The van der Waals surface area contributed by atoms with E-state index in [0.29, 0.717) is 48.5 Å². The number of nitrogens with zero attached hydrogens (tertiary/aromatic N) is 1. The van der Waals surface area contributed by atoms with Gasteiger partial charge >= 0.3 is 18.0 Å². The van der Waals surface area contributed by atoms with Crippen molar-refractivity contribution in [1.29, 1.82) is 0 Å². The largest absolute Gasteiger partial charge is 0.481 e. The third kappa shape index (κ3) is 8.69. The summed E-state index contributed by atoms with van der Waals surface area (Å²) < 4.78 is 10.9.